The van der Waals surface area contributed by atoms with E-state index < -0.39 is 5.97 Å². The van der Waals surface area contributed by atoms with Gasteiger partial charge in [0.2, 0.25) is 0 Å². The Kier molecular flexibility index (Phi) is 4.58. The summed E-state index contributed by atoms with van der Waals surface area (Å²) in [6.07, 6.45) is 0.560. The summed E-state index contributed by atoms with van der Waals surface area (Å²) in [5.74, 6) is -0.860. The molecule has 0 bridgehead atoms. The summed E-state index contributed by atoms with van der Waals surface area (Å²) in [5.41, 5.74) is 3.37. The van der Waals surface area contributed by atoms with Crippen molar-refractivity contribution in [1.82, 2.24) is 0 Å². The number of hydrogen-bond acceptors (Lipinski definition) is 1. The van der Waals surface area contributed by atoms with Crippen LogP contribution in [-0.2, 0) is 11.2 Å². The van der Waals surface area contributed by atoms with E-state index in [4.69, 9.17) is 16.7 Å². The van der Waals surface area contributed by atoms with Crippen molar-refractivity contribution in [3.8, 4) is 11.1 Å². The Morgan fingerprint density at radius 2 is 1.58 bits per heavy atom. The van der Waals surface area contributed by atoms with Gasteiger partial charge < -0.3 is 5.11 Å². The fourth-order valence-corrected chi connectivity index (χ4v) is 2.29. The van der Waals surface area contributed by atoms with Gasteiger partial charge in [0.25, 0.3) is 0 Å². The third-order valence-corrected chi connectivity index (χ3v) is 3.22. The number of carbonyl (C=O) groups is 1. The average molecular weight is 275 g/mol. The molecule has 0 saturated carbocycles. The molecule has 3 heteroatoms. The van der Waals surface area contributed by atoms with Crippen LogP contribution in [0.3, 0.4) is 0 Å². The van der Waals surface area contributed by atoms with E-state index in [1.165, 1.54) is 5.56 Å². The van der Waals surface area contributed by atoms with Gasteiger partial charge in [-0.25, -0.2) is 0 Å². The van der Waals surface area contributed by atoms with Crippen molar-refractivity contribution in [2.24, 2.45) is 0 Å². The molecule has 0 radical (unpaired) electrons. The van der Waals surface area contributed by atoms with Crippen molar-refractivity contribution < 1.29 is 9.90 Å². The number of aliphatic carboxylic acids is 1. The average Bonchev–Trinajstić information content (AvgIpc) is 2.39. The summed E-state index contributed by atoms with van der Waals surface area (Å²) in [4.78, 5) is 10.6. The summed E-state index contributed by atoms with van der Waals surface area (Å²) in [5, 5.41) is 8.31. The fraction of sp³-hybridized carbons (Fsp3) is 0.188. The molecule has 2 nitrogen and oxygen atoms in total. The van der Waals surface area contributed by atoms with Gasteiger partial charge >= 0.3 is 5.97 Å². The zero-order valence-corrected chi connectivity index (χ0v) is 11.2. The first-order valence-corrected chi connectivity index (χ1v) is 6.59. The minimum absolute atomic E-state index is 0.0119. The second-order valence-electron chi connectivity index (χ2n) is 4.46. The zero-order valence-electron chi connectivity index (χ0n) is 10.4. The van der Waals surface area contributed by atoms with Crippen molar-refractivity contribution in [3.05, 3.63) is 60.2 Å². The van der Waals surface area contributed by atoms with Gasteiger partial charge in [0, 0.05) is 5.38 Å². The Morgan fingerprint density at radius 1 is 1.00 bits per heavy atom. The molecular weight excluding hydrogens is 260 g/mol. The molecule has 1 N–H and O–H groups in total. The number of hydrogen-bond donors (Lipinski definition) is 1. The Bertz CT molecular complexity index is 534. The lowest BCUT2D eigenvalue weighted by Crippen LogP contribution is -2.09. The van der Waals surface area contributed by atoms with Crippen LogP contribution in [0.5, 0.6) is 0 Å². The molecule has 2 aromatic carbocycles. The Hall–Kier alpha value is -1.80. The van der Waals surface area contributed by atoms with Gasteiger partial charge in [-0.1, -0.05) is 54.6 Å². The molecule has 19 heavy (non-hydrogen) atoms. The third-order valence-electron chi connectivity index (χ3n) is 2.91. The van der Waals surface area contributed by atoms with Crippen molar-refractivity contribution in [2.45, 2.75) is 18.2 Å². The molecule has 0 saturated heterocycles. The number of rotatable bonds is 5. The maximum absolute atomic E-state index is 10.6. The van der Waals surface area contributed by atoms with E-state index in [1.807, 2.05) is 42.5 Å². The predicted octanol–water partition coefficient (Wildman–Crippen LogP) is 3.98. The first-order valence-electron chi connectivity index (χ1n) is 6.15. The monoisotopic (exact) mass is 274 g/mol. The molecule has 2 aromatic rings. The van der Waals surface area contributed by atoms with Crippen LogP contribution in [0.2, 0.25) is 0 Å². The highest BCUT2D eigenvalue weighted by atomic mass is 35.5. The maximum atomic E-state index is 10.6. The van der Waals surface area contributed by atoms with E-state index in [9.17, 15) is 4.79 Å². The van der Waals surface area contributed by atoms with Crippen LogP contribution in [0.4, 0.5) is 0 Å². The normalized spacial score (nSPS) is 12.1. The molecule has 0 aliphatic carbocycles. The first-order chi connectivity index (χ1) is 9.15. The Labute approximate surface area is 117 Å². The fourth-order valence-electron chi connectivity index (χ4n) is 1.98. The van der Waals surface area contributed by atoms with Gasteiger partial charge in [-0.2, -0.15) is 0 Å². The molecule has 0 heterocycles. The van der Waals surface area contributed by atoms with E-state index in [0.717, 1.165) is 11.1 Å². The molecular formula is C16H15ClO2. The number of carboxylic acids is 1. The van der Waals surface area contributed by atoms with Crippen LogP contribution in [-0.4, -0.2) is 16.5 Å². The van der Waals surface area contributed by atoms with Gasteiger partial charge in [0.05, 0.1) is 6.42 Å². The SMILES string of the molecule is O=C(O)CC(Cl)Cc1ccc(-c2ccccc2)cc1. The predicted molar refractivity (Wildman–Crippen MR) is 77.5 cm³/mol. The van der Waals surface area contributed by atoms with E-state index >= 15 is 0 Å². The van der Waals surface area contributed by atoms with E-state index in [0.29, 0.717) is 6.42 Å². The highest BCUT2D eigenvalue weighted by Gasteiger charge is 2.10. The number of alkyl halides is 1. The van der Waals surface area contributed by atoms with Gasteiger partial charge in [-0.3, -0.25) is 4.79 Å². The number of halogens is 1. The number of carboxylic acid groups (broad SMARTS) is 1. The van der Waals surface area contributed by atoms with Gasteiger partial charge in [-0.15, -0.1) is 11.6 Å². The van der Waals surface area contributed by atoms with Crippen LogP contribution in [0.25, 0.3) is 11.1 Å². The third kappa shape index (κ3) is 4.11. The van der Waals surface area contributed by atoms with Crippen molar-refractivity contribution >= 4 is 17.6 Å². The van der Waals surface area contributed by atoms with Crippen molar-refractivity contribution in [1.29, 1.82) is 0 Å². The van der Waals surface area contributed by atoms with Gasteiger partial charge in [0.15, 0.2) is 0 Å². The topological polar surface area (TPSA) is 37.3 Å². The van der Waals surface area contributed by atoms with Crippen LogP contribution in [0.1, 0.15) is 12.0 Å². The van der Waals surface area contributed by atoms with E-state index in [1.54, 1.807) is 0 Å². The molecule has 0 aromatic heterocycles. The zero-order chi connectivity index (χ0) is 13.7. The second kappa shape index (κ2) is 6.39. The molecule has 1 unspecified atom stereocenters. The molecule has 0 spiro atoms. The second-order valence-corrected chi connectivity index (χ2v) is 5.08. The molecule has 0 fully saturated rings. The van der Waals surface area contributed by atoms with E-state index in [-0.39, 0.29) is 11.8 Å². The van der Waals surface area contributed by atoms with Crippen LogP contribution in [0, 0.1) is 0 Å². The lowest BCUT2D eigenvalue weighted by atomic mass is 10.0. The quantitative estimate of drug-likeness (QED) is 0.838. The van der Waals surface area contributed by atoms with Gasteiger partial charge in [-0.05, 0) is 23.1 Å². The van der Waals surface area contributed by atoms with Crippen LogP contribution < -0.4 is 0 Å². The van der Waals surface area contributed by atoms with Gasteiger partial charge in [0.1, 0.15) is 0 Å². The maximum Gasteiger partial charge on any atom is 0.304 e. The smallest absolute Gasteiger partial charge is 0.304 e. The Balaban J connectivity index is 2.05. The minimum atomic E-state index is -0.860. The lowest BCUT2D eigenvalue weighted by molar-refractivity contribution is -0.137. The summed E-state index contributed by atoms with van der Waals surface area (Å²) in [6, 6.07) is 18.2. The minimum Gasteiger partial charge on any atom is -0.481 e. The largest absolute Gasteiger partial charge is 0.481 e. The standard InChI is InChI=1S/C16H15ClO2/c17-15(11-16(18)19)10-12-6-8-14(9-7-12)13-4-2-1-3-5-13/h1-9,15H,10-11H2,(H,18,19). The van der Waals surface area contributed by atoms with Crippen molar-refractivity contribution in [3.63, 3.8) is 0 Å². The molecule has 2 rings (SSSR count). The van der Waals surface area contributed by atoms with Crippen LogP contribution in [0.15, 0.2) is 54.6 Å². The highest BCUT2D eigenvalue weighted by Crippen LogP contribution is 2.20. The van der Waals surface area contributed by atoms with Crippen LogP contribution >= 0.6 is 11.6 Å². The highest BCUT2D eigenvalue weighted by molar-refractivity contribution is 6.21. The van der Waals surface area contributed by atoms with Crippen molar-refractivity contribution in [2.75, 3.05) is 0 Å². The summed E-state index contributed by atoms with van der Waals surface area (Å²) >= 11 is 5.99. The lowest BCUT2D eigenvalue weighted by Gasteiger charge is -2.08. The summed E-state index contributed by atoms with van der Waals surface area (Å²) in [7, 11) is 0. The van der Waals surface area contributed by atoms with E-state index in [2.05, 4.69) is 12.1 Å². The molecule has 0 aliphatic heterocycles. The molecule has 0 aliphatic rings. The molecule has 0 amide bonds. The molecule has 98 valence electrons. The first kappa shape index (κ1) is 13.6. The number of benzene rings is 2. The Morgan fingerprint density at radius 3 is 2.16 bits per heavy atom. The summed E-state index contributed by atoms with van der Waals surface area (Å²) in [6.45, 7) is 0. The molecule has 1 atom stereocenters. The summed E-state index contributed by atoms with van der Waals surface area (Å²) < 4.78 is 0.